The summed E-state index contributed by atoms with van der Waals surface area (Å²) in [7, 11) is 1.49. The highest BCUT2D eigenvalue weighted by atomic mass is 32.2. The average Bonchev–Trinajstić information content (AvgIpc) is 2.73. The smallest absolute Gasteiger partial charge is 0.243 e. The number of methoxy groups -OCH3 is 2. The Kier molecular flexibility index (Phi) is 6.47. The molecule has 156 valence electrons. The van der Waals surface area contributed by atoms with Crippen molar-refractivity contribution in [2.45, 2.75) is 17.7 Å². The molecule has 1 N–H and O–H groups in total. The van der Waals surface area contributed by atoms with Crippen molar-refractivity contribution in [1.82, 2.24) is 9.21 Å². The van der Waals surface area contributed by atoms with Crippen LogP contribution in [0.3, 0.4) is 0 Å². The molecule has 2 fully saturated rings. The van der Waals surface area contributed by atoms with Gasteiger partial charge in [0.05, 0.1) is 52.3 Å². The van der Waals surface area contributed by atoms with Gasteiger partial charge in [0.25, 0.3) is 0 Å². The molecule has 8 nitrogen and oxygen atoms in total. The zero-order valence-electron chi connectivity index (χ0n) is 16.8. The maximum atomic E-state index is 13.0. The molecular weight excluding hydrogens is 382 g/mol. The predicted octanol–water partition coefficient (Wildman–Crippen LogP) is -0.539. The van der Waals surface area contributed by atoms with Gasteiger partial charge in [-0.1, -0.05) is 0 Å². The number of nitrogens with zero attached hydrogens (tertiary/aromatic N) is 2. The molecular formula is C19H30N3O5S+. The lowest BCUT2D eigenvalue weighted by atomic mass is 9.96. The van der Waals surface area contributed by atoms with Crippen molar-refractivity contribution in [2.75, 3.05) is 60.5 Å². The lowest BCUT2D eigenvalue weighted by Crippen LogP contribution is -3.12. The normalized spacial score (nSPS) is 20.2. The summed E-state index contributed by atoms with van der Waals surface area (Å²) in [6.07, 6.45) is 1.12. The molecule has 2 heterocycles. The lowest BCUT2D eigenvalue weighted by Gasteiger charge is -2.36. The standard InChI is InChI=1S/C19H29N3O5S/c1-20-10-12-21(13-11-20)19(23)15-6-8-22(9-7-15)28(24,25)16-4-5-17(26-2)18(14-16)27-3/h4-5,14-15H,6-13H2,1-3H3/p+1. The molecule has 0 bridgehead atoms. The highest BCUT2D eigenvalue weighted by Gasteiger charge is 2.35. The Labute approximate surface area is 167 Å². The first-order valence-corrected chi connectivity index (χ1v) is 11.1. The van der Waals surface area contributed by atoms with Crippen molar-refractivity contribution >= 4 is 15.9 Å². The molecule has 2 aliphatic heterocycles. The van der Waals surface area contributed by atoms with E-state index in [1.165, 1.54) is 35.6 Å². The fraction of sp³-hybridized carbons (Fsp3) is 0.632. The van der Waals surface area contributed by atoms with Crippen molar-refractivity contribution in [3.63, 3.8) is 0 Å². The topological polar surface area (TPSA) is 80.6 Å². The minimum absolute atomic E-state index is 0.0877. The first-order valence-electron chi connectivity index (χ1n) is 9.69. The second-order valence-electron chi connectivity index (χ2n) is 7.48. The molecule has 0 atom stereocenters. The Bertz CT molecular complexity index is 798. The number of carbonyl (C=O) groups excluding carboxylic acids is 1. The van der Waals surface area contributed by atoms with Gasteiger partial charge in [-0.05, 0) is 25.0 Å². The zero-order valence-corrected chi connectivity index (χ0v) is 17.6. The summed E-state index contributed by atoms with van der Waals surface area (Å²) in [6.45, 7) is 4.22. The minimum atomic E-state index is -3.63. The zero-order chi connectivity index (χ0) is 20.3. The van der Waals surface area contributed by atoms with Crippen molar-refractivity contribution in [2.24, 2.45) is 5.92 Å². The first kappa shape index (κ1) is 20.9. The molecule has 1 aromatic carbocycles. The quantitative estimate of drug-likeness (QED) is 0.703. The summed E-state index contributed by atoms with van der Waals surface area (Å²) >= 11 is 0. The Hall–Kier alpha value is -1.84. The second kappa shape index (κ2) is 8.67. The summed E-state index contributed by atoms with van der Waals surface area (Å²) in [4.78, 5) is 16.3. The van der Waals surface area contributed by atoms with Crippen LogP contribution < -0.4 is 14.4 Å². The van der Waals surface area contributed by atoms with Gasteiger partial charge < -0.3 is 19.3 Å². The van der Waals surface area contributed by atoms with Crippen molar-refractivity contribution in [3.8, 4) is 11.5 Å². The van der Waals surface area contributed by atoms with Crippen LogP contribution >= 0.6 is 0 Å². The third kappa shape index (κ3) is 4.26. The highest BCUT2D eigenvalue weighted by molar-refractivity contribution is 7.89. The van der Waals surface area contributed by atoms with Crippen LogP contribution in [-0.2, 0) is 14.8 Å². The number of hydrogen-bond acceptors (Lipinski definition) is 5. The molecule has 3 rings (SSSR count). The number of quaternary nitrogens is 1. The summed E-state index contributed by atoms with van der Waals surface area (Å²) in [5, 5.41) is 0. The molecule has 0 radical (unpaired) electrons. The fourth-order valence-electron chi connectivity index (χ4n) is 3.84. The van der Waals surface area contributed by atoms with E-state index in [0.29, 0.717) is 37.4 Å². The van der Waals surface area contributed by atoms with Crippen LogP contribution in [0.15, 0.2) is 23.1 Å². The van der Waals surface area contributed by atoms with Crippen molar-refractivity contribution < 1.29 is 27.6 Å². The summed E-state index contributed by atoms with van der Waals surface area (Å²) in [5.74, 6) is 0.955. The van der Waals surface area contributed by atoms with Gasteiger partial charge >= 0.3 is 0 Å². The van der Waals surface area contributed by atoms with Crippen molar-refractivity contribution in [3.05, 3.63) is 18.2 Å². The average molecular weight is 413 g/mol. The molecule has 1 aromatic rings. The number of amides is 1. The lowest BCUT2D eigenvalue weighted by molar-refractivity contribution is -0.883. The van der Waals surface area contributed by atoms with Crippen LogP contribution in [0.25, 0.3) is 0 Å². The first-order chi connectivity index (χ1) is 13.4. The van der Waals surface area contributed by atoms with E-state index in [1.54, 1.807) is 6.07 Å². The Morgan fingerprint density at radius 3 is 2.21 bits per heavy atom. The Morgan fingerprint density at radius 1 is 1.04 bits per heavy atom. The Morgan fingerprint density at radius 2 is 1.64 bits per heavy atom. The van der Waals surface area contributed by atoms with Crippen molar-refractivity contribution in [1.29, 1.82) is 0 Å². The fourth-order valence-corrected chi connectivity index (χ4v) is 5.32. The number of ether oxygens (including phenoxy) is 2. The third-order valence-corrected chi connectivity index (χ3v) is 7.62. The molecule has 0 saturated carbocycles. The van der Waals surface area contributed by atoms with Crippen LogP contribution in [0.5, 0.6) is 11.5 Å². The van der Waals surface area contributed by atoms with Crippen LogP contribution in [0.1, 0.15) is 12.8 Å². The van der Waals surface area contributed by atoms with E-state index in [0.717, 1.165) is 26.2 Å². The van der Waals surface area contributed by atoms with Crippen LogP contribution in [0, 0.1) is 5.92 Å². The molecule has 28 heavy (non-hydrogen) atoms. The van der Waals surface area contributed by atoms with Crippen LogP contribution in [-0.4, -0.2) is 84.1 Å². The molecule has 1 amide bonds. The van der Waals surface area contributed by atoms with Gasteiger partial charge in [-0.3, -0.25) is 4.79 Å². The van der Waals surface area contributed by atoms with Gasteiger partial charge in [0.2, 0.25) is 15.9 Å². The number of benzene rings is 1. The molecule has 0 spiro atoms. The monoisotopic (exact) mass is 412 g/mol. The third-order valence-electron chi connectivity index (χ3n) is 5.72. The van der Waals surface area contributed by atoms with Gasteiger partial charge in [0.1, 0.15) is 0 Å². The molecule has 0 unspecified atom stereocenters. The number of hydrogen-bond donors (Lipinski definition) is 1. The van der Waals surface area contributed by atoms with Gasteiger partial charge in [0, 0.05) is 25.1 Å². The number of piperazine rings is 1. The minimum Gasteiger partial charge on any atom is -0.493 e. The molecule has 0 aromatic heterocycles. The SMILES string of the molecule is COc1ccc(S(=O)(=O)N2CCC(C(=O)N3CC[NH+](C)CC3)CC2)cc1OC. The highest BCUT2D eigenvalue weighted by Crippen LogP contribution is 2.32. The van der Waals surface area contributed by atoms with Gasteiger partial charge in [-0.15, -0.1) is 0 Å². The molecule has 2 saturated heterocycles. The molecule has 2 aliphatic rings. The summed E-state index contributed by atoms with van der Waals surface area (Å²) < 4.78 is 37.9. The number of likely N-dealkylation sites (N-methyl/N-ethyl adjacent to an activating group) is 1. The molecule has 9 heteroatoms. The van der Waals surface area contributed by atoms with E-state index in [9.17, 15) is 13.2 Å². The van der Waals surface area contributed by atoms with E-state index in [2.05, 4.69) is 7.05 Å². The Balaban J connectivity index is 1.64. The number of rotatable bonds is 5. The largest absolute Gasteiger partial charge is 0.493 e. The van der Waals surface area contributed by atoms with E-state index in [1.807, 2.05) is 4.90 Å². The number of carbonyl (C=O) groups is 1. The van der Waals surface area contributed by atoms with E-state index in [-0.39, 0.29) is 16.7 Å². The maximum Gasteiger partial charge on any atom is 0.243 e. The summed E-state index contributed by atoms with van der Waals surface area (Å²) in [5.41, 5.74) is 0. The van der Waals surface area contributed by atoms with E-state index in [4.69, 9.17) is 9.47 Å². The maximum absolute atomic E-state index is 13.0. The number of piperidine rings is 1. The van der Waals surface area contributed by atoms with Gasteiger partial charge in [-0.25, -0.2) is 8.42 Å². The number of sulfonamides is 1. The van der Waals surface area contributed by atoms with E-state index >= 15 is 0 Å². The van der Waals surface area contributed by atoms with E-state index < -0.39 is 10.0 Å². The van der Waals surface area contributed by atoms with Crippen LogP contribution in [0.2, 0.25) is 0 Å². The second-order valence-corrected chi connectivity index (χ2v) is 9.42. The predicted molar refractivity (Wildman–Crippen MR) is 104 cm³/mol. The van der Waals surface area contributed by atoms with Crippen LogP contribution in [0.4, 0.5) is 0 Å². The van der Waals surface area contributed by atoms with Gasteiger partial charge in [0.15, 0.2) is 11.5 Å². The number of nitrogens with one attached hydrogen (secondary N) is 1. The summed E-state index contributed by atoms with van der Waals surface area (Å²) in [6, 6.07) is 4.61. The van der Waals surface area contributed by atoms with Gasteiger partial charge in [-0.2, -0.15) is 4.31 Å². The molecule has 0 aliphatic carbocycles.